The molecule has 0 aromatic rings. The fourth-order valence-electron chi connectivity index (χ4n) is 2.41. The molecule has 0 spiro atoms. The molecule has 1 aliphatic rings. The van der Waals surface area contributed by atoms with Crippen molar-refractivity contribution in [3.8, 4) is 0 Å². The number of rotatable bonds is 12. The molecule has 1 fully saturated rings. The number of thioether (sulfide) groups is 1. The van der Waals surface area contributed by atoms with Crippen molar-refractivity contribution in [1.82, 2.24) is 15.5 Å². The predicted octanol–water partition coefficient (Wildman–Crippen LogP) is -0.855. The monoisotopic (exact) mass is 386 g/mol. The van der Waals surface area contributed by atoms with Gasteiger partial charge in [0.2, 0.25) is 29.5 Å². The van der Waals surface area contributed by atoms with Crippen LogP contribution in [0.2, 0.25) is 0 Å². The first-order valence-electron chi connectivity index (χ1n) is 8.62. The minimum Gasteiger partial charge on any atom is -0.370 e. The van der Waals surface area contributed by atoms with Crippen LogP contribution in [0, 0.1) is 0 Å². The summed E-state index contributed by atoms with van der Waals surface area (Å²) in [6.07, 6.45) is 1.45. The fraction of sp³-hybridized carbons (Fsp3) is 0.688. The zero-order valence-electron chi connectivity index (χ0n) is 14.9. The summed E-state index contributed by atoms with van der Waals surface area (Å²) in [7, 11) is 0. The first-order valence-corrected chi connectivity index (χ1v) is 9.67. The van der Waals surface area contributed by atoms with Gasteiger partial charge in [-0.3, -0.25) is 28.9 Å². The van der Waals surface area contributed by atoms with Gasteiger partial charge < -0.3 is 16.4 Å². The highest BCUT2D eigenvalue weighted by molar-refractivity contribution is 8.00. The van der Waals surface area contributed by atoms with Crippen molar-refractivity contribution in [3.05, 3.63) is 0 Å². The molecule has 4 N–H and O–H groups in total. The molecule has 0 radical (unpaired) electrons. The van der Waals surface area contributed by atoms with E-state index in [1.807, 2.05) is 0 Å². The van der Waals surface area contributed by atoms with Crippen LogP contribution in [-0.4, -0.2) is 65.1 Å². The van der Waals surface area contributed by atoms with Crippen LogP contribution in [0.15, 0.2) is 0 Å². The van der Waals surface area contributed by atoms with Crippen LogP contribution in [0.4, 0.5) is 0 Å². The molecule has 10 heteroatoms. The smallest absolute Gasteiger partial charge is 0.242 e. The van der Waals surface area contributed by atoms with Crippen LogP contribution in [0.3, 0.4) is 0 Å². The Hall–Kier alpha value is -2.10. The third kappa shape index (κ3) is 7.85. The number of nitrogens with two attached hydrogens (primary N) is 1. The van der Waals surface area contributed by atoms with Crippen LogP contribution in [0.25, 0.3) is 0 Å². The lowest BCUT2D eigenvalue weighted by Gasteiger charge is -2.14. The van der Waals surface area contributed by atoms with E-state index in [2.05, 4.69) is 10.6 Å². The van der Waals surface area contributed by atoms with Gasteiger partial charge in [0.25, 0.3) is 0 Å². The number of carbonyl (C=O) groups excluding carboxylic acids is 5. The topological polar surface area (TPSA) is 139 Å². The Kier molecular flexibility index (Phi) is 9.71. The normalized spacial score (nSPS) is 16.7. The number of nitrogens with one attached hydrogen (secondary N) is 2. The number of primary amides is 1. The van der Waals surface area contributed by atoms with E-state index in [1.54, 1.807) is 6.92 Å². The second-order valence-electron chi connectivity index (χ2n) is 5.85. The van der Waals surface area contributed by atoms with Gasteiger partial charge in [-0.15, -0.1) is 11.8 Å². The first kappa shape index (κ1) is 21.9. The molecular formula is C16H26N4O5S. The van der Waals surface area contributed by atoms with E-state index in [0.717, 1.165) is 0 Å². The van der Waals surface area contributed by atoms with E-state index in [0.29, 0.717) is 25.1 Å². The number of hydrogen-bond donors (Lipinski definition) is 3. The molecule has 0 saturated carbocycles. The molecule has 1 unspecified atom stereocenters. The molecule has 1 atom stereocenters. The van der Waals surface area contributed by atoms with E-state index < -0.39 is 11.2 Å². The summed E-state index contributed by atoms with van der Waals surface area (Å²) in [5.74, 6) is -0.837. The lowest BCUT2D eigenvalue weighted by Crippen LogP contribution is -2.36. The lowest BCUT2D eigenvalue weighted by atomic mass is 10.3. The number of carbonyl (C=O) groups is 5. The number of amides is 5. The molecule has 0 bridgehead atoms. The van der Waals surface area contributed by atoms with Crippen molar-refractivity contribution in [2.75, 3.05) is 25.4 Å². The Morgan fingerprint density at radius 2 is 1.88 bits per heavy atom. The SMILES string of the molecule is CCNC(=O)CNC(=O)CCCSC1CC(=O)N(CCCC(N)=O)C1=O. The minimum atomic E-state index is -0.458. The van der Waals surface area contributed by atoms with Crippen LogP contribution in [0.1, 0.15) is 39.0 Å². The van der Waals surface area contributed by atoms with Crippen molar-refractivity contribution < 1.29 is 24.0 Å². The van der Waals surface area contributed by atoms with Gasteiger partial charge in [-0.1, -0.05) is 0 Å². The zero-order chi connectivity index (χ0) is 19.5. The second-order valence-corrected chi connectivity index (χ2v) is 7.16. The van der Waals surface area contributed by atoms with E-state index in [1.165, 1.54) is 16.7 Å². The van der Waals surface area contributed by atoms with Crippen LogP contribution in [-0.2, 0) is 24.0 Å². The summed E-state index contributed by atoms with van der Waals surface area (Å²) in [5.41, 5.74) is 5.05. The van der Waals surface area contributed by atoms with E-state index in [4.69, 9.17) is 5.73 Å². The lowest BCUT2D eigenvalue weighted by molar-refractivity contribution is -0.138. The molecular weight excluding hydrogens is 360 g/mol. The minimum absolute atomic E-state index is 0.0459. The van der Waals surface area contributed by atoms with Crippen LogP contribution >= 0.6 is 11.8 Å². The summed E-state index contributed by atoms with van der Waals surface area (Å²) >= 11 is 1.35. The van der Waals surface area contributed by atoms with Crippen molar-refractivity contribution >= 4 is 41.3 Å². The average Bonchev–Trinajstić information content (AvgIpc) is 2.84. The number of nitrogens with zero attached hydrogens (tertiary/aromatic N) is 1. The van der Waals surface area contributed by atoms with Gasteiger partial charge >= 0.3 is 0 Å². The second kappa shape index (κ2) is 11.5. The summed E-state index contributed by atoms with van der Waals surface area (Å²) in [6, 6.07) is 0. The molecule has 1 saturated heterocycles. The first-order chi connectivity index (χ1) is 12.3. The van der Waals surface area contributed by atoms with Crippen molar-refractivity contribution in [1.29, 1.82) is 0 Å². The van der Waals surface area contributed by atoms with E-state index in [9.17, 15) is 24.0 Å². The molecule has 0 aromatic carbocycles. The Labute approximate surface area is 156 Å². The number of likely N-dealkylation sites (tertiary alicyclic amines) is 1. The highest BCUT2D eigenvalue weighted by Crippen LogP contribution is 2.26. The van der Waals surface area contributed by atoms with Crippen LogP contribution < -0.4 is 16.4 Å². The quantitative estimate of drug-likeness (QED) is 0.295. The van der Waals surface area contributed by atoms with Gasteiger partial charge in [0, 0.05) is 32.4 Å². The Morgan fingerprint density at radius 3 is 2.54 bits per heavy atom. The predicted molar refractivity (Wildman–Crippen MR) is 96.9 cm³/mol. The highest BCUT2D eigenvalue weighted by atomic mass is 32.2. The summed E-state index contributed by atoms with van der Waals surface area (Å²) < 4.78 is 0. The van der Waals surface area contributed by atoms with Gasteiger partial charge in [-0.25, -0.2) is 0 Å². The van der Waals surface area contributed by atoms with Gasteiger partial charge in [-0.2, -0.15) is 0 Å². The van der Waals surface area contributed by atoms with E-state index in [-0.39, 0.29) is 56.0 Å². The van der Waals surface area contributed by atoms with Crippen LogP contribution in [0.5, 0.6) is 0 Å². The van der Waals surface area contributed by atoms with Gasteiger partial charge in [-0.05, 0) is 25.5 Å². The molecule has 9 nitrogen and oxygen atoms in total. The molecule has 1 rings (SSSR count). The zero-order valence-corrected chi connectivity index (χ0v) is 15.7. The standard InChI is InChI=1S/C16H26N4O5S/c1-2-18-14(23)10-19-13(22)6-4-8-26-11-9-15(24)20(16(11)25)7-3-5-12(17)21/h11H,2-10H2,1H3,(H2,17,21)(H,18,23)(H,19,22). The number of imide groups is 1. The van der Waals surface area contributed by atoms with Crippen molar-refractivity contribution in [2.45, 2.75) is 44.3 Å². The molecule has 26 heavy (non-hydrogen) atoms. The van der Waals surface area contributed by atoms with Gasteiger partial charge in [0.15, 0.2) is 0 Å². The molecule has 146 valence electrons. The molecule has 1 heterocycles. The molecule has 0 aliphatic carbocycles. The average molecular weight is 386 g/mol. The largest absolute Gasteiger partial charge is 0.370 e. The van der Waals surface area contributed by atoms with Gasteiger partial charge in [0.05, 0.1) is 11.8 Å². The Bertz CT molecular complexity index is 555. The number of likely N-dealkylation sites (N-methyl/N-ethyl adjacent to an activating group) is 1. The highest BCUT2D eigenvalue weighted by Gasteiger charge is 2.38. The fourth-order valence-corrected chi connectivity index (χ4v) is 3.54. The number of hydrogen-bond acceptors (Lipinski definition) is 6. The molecule has 5 amide bonds. The summed E-state index contributed by atoms with van der Waals surface area (Å²) in [5, 5.41) is 4.67. The maximum Gasteiger partial charge on any atom is 0.242 e. The maximum absolute atomic E-state index is 12.2. The Morgan fingerprint density at radius 1 is 1.15 bits per heavy atom. The summed E-state index contributed by atoms with van der Waals surface area (Å²) in [6.45, 7) is 2.47. The summed E-state index contributed by atoms with van der Waals surface area (Å²) in [4.78, 5) is 58.8. The molecule has 1 aliphatic heterocycles. The molecule has 0 aromatic heterocycles. The third-order valence-electron chi connectivity index (χ3n) is 3.69. The van der Waals surface area contributed by atoms with Crippen molar-refractivity contribution in [3.63, 3.8) is 0 Å². The van der Waals surface area contributed by atoms with E-state index >= 15 is 0 Å². The van der Waals surface area contributed by atoms with Crippen molar-refractivity contribution in [2.24, 2.45) is 5.73 Å². The van der Waals surface area contributed by atoms with Gasteiger partial charge in [0.1, 0.15) is 0 Å². The third-order valence-corrected chi connectivity index (χ3v) is 4.99. The Balaban J connectivity index is 2.22. The maximum atomic E-state index is 12.2.